The summed E-state index contributed by atoms with van der Waals surface area (Å²) in [7, 11) is 1.55. The summed E-state index contributed by atoms with van der Waals surface area (Å²) in [5, 5.41) is 3.38. The fourth-order valence-corrected chi connectivity index (χ4v) is 3.02. The maximum absolute atomic E-state index is 12.4. The number of hydrogen-bond acceptors (Lipinski definition) is 3. The van der Waals surface area contributed by atoms with Gasteiger partial charge in [0, 0.05) is 17.9 Å². The molecule has 0 fully saturated rings. The maximum atomic E-state index is 12.4. The van der Waals surface area contributed by atoms with E-state index in [1.54, 1.807) is 30.2 Å². The first kappa shape index (κ1) is 20.3. The molecule has 8 heteroatoms. The Labute approximate surface area is 174 Å². The molecule has 2 aromatic rings. The van der Waals surface area contributed by atoms with Gasteiger partial charge in [0.25, 0.3) is 0 Å². The van der Waals surface area contributed by atoms with Crippen LogP contribution in [0.5, 0.6) is 5.75 Å². The van der Waals surface area contributed by atoms with Gasteiger partial charge in [-0.1, -0.05) is 29.8 Å². The SMILES string of the molecule is COc1ccc(NC(N)=NCC(=O)N2CCc3ccccc32)cc1Cl.I. The molecule has 0 atom stereocenters. The van der Waals surface area contributed by atoms with Crippen molar-refractivity contribution in [3.63, 3.8) is 0 Å². The molecule has 1 aliphatic heterocycles. The lowest BCUT2D eigenvalue weighted by Gasteiger charge is -2.16. The number of carbonyl (C=O) groups is 1. The number of nitrogens with one attached hydrogen (secondary N) is 1. The van der Waals surface area contributed by atoms with Crippen LogP contribution in [-0.2, 0) is 11.2 Å². The molecule has 1 aliphatic rings. The van der Waals surface area contributed by atoms with Crippen molar-refractivity contribution in [2.45, 2.75) is 6.42 Å². The van der Waals surface area contributed by atoms with Gasteiger partial charge in [-0.3, -0.25) is 4.79 Å². The lowest BCUT2D eigenvalue weighted by atomic mass is 10.2. The molecule has 0 spiro atoms. The van der Waals surface area contributed by atoms with Crippen molar-refractivity contribution in [3.8, 4) is 5.75 Å². The first-order valence-electron chi connectivity index (χ1n) is 7.87. The molecule has 0 aliphatic carbocycles. The largest absolute Gasteiger partial charge is 0.495 e. The molecule has 0 saturated heterocycles. The van der Waals surface area contributed by atoms with Gasteiger partial charge in [-0.15, -0.1) is 24.0 Å². The van der Waals surface area contributed by atoms with Gasteiger partial charge in [-0.2, -0.15) is 0 Å². The average molecular weight is 487 g/mol. The third kappa shape index (κ3) is 4.59. The second kappa shape index (κ2) is 9.09. The number of fused-ring (bicyclic) bond motifs is 1. The molecule has 6 nitrogen and oxygen atoms in total. The fraction of sp³-hybridized carbons (Fsp3) is 0.222. The number of nitrogens with zero attached hydrogens (tertiary/aromatic N) is 2. The standard InChI is InChI=1S/C18H19ClN4O2.HI/c1-25-16-7-6-13(10-14(16)19)22-18(20)21-11-17(24)23-9-8-12-4-2-3-5-15(12)23;/h2-7,10H,8-9,11H2,1H3,(H3,20,21,22);1H. The van der Waals surface area contributed by atoms with Gasteiger partial charge in [0.1, 0.15) is 12.3 Å². The van der Waals surface area contributed by atoms with Crippen molar-refractivity contribution in [3.05, 3.63) is 53.1 Å². The fourth-order valence-electron chi connectivity index (χ4n) is 2.77. The highest BCUT2D eigenvalue weighted by Crippen LogP contribution is 2.28. The van der Waals surface area contributed by atoms with Gasteiger partial charge >= 0.3 is 0 Å². The van der Waals surface area contributed by atoms with Crippen molar-refractivity contribution in [2.75, 3.05) is 30.4 Å². The predicted molar refractivity (Wildman–Crippen MR) is 116 cm³/mol. The summed E-state index contributed by atoms with van der Waals surface area (Å²) in [6, 6.07) is 13.1. The zero-order chi connectivity index (χ0) is 17.8. The van der Waals surface area contributed by atoms with E-state index in [-0.39, 0.29) is 42.4 Å². The molecule has 138 valence electrons. The third-order valence-electron chi connectivity index (χ3n) is 4.00. The van der Waals surface area contributed by atoms with E-state index in [4.69, 9.17) is 22.1 Å². The molecule has 0 unspecified atom stereocenters. The minimum atomic E-state index is -0.0811. The first-order valence-corrected chi connectivity index (χ1v) is 8.25. The number of methoxy groups -OCH3 is 1. The zero-order valence-electron chi connectivity index (χ0n) is 14.2. The number of halogens is 2. The molecule has 1 heterocycles. The molecular formula is C18H20ClIN4O2. The van der Waals surface area contributed by atoms with Crippen LogP contribution in [0.3, 0.4) is 0 Å². The Hall–Kier alpha value is -2.00. The van der Waals surface area contributed by atoms with Crippen molar-refractivity contribution in [1.82, 2.24) is 0 Å². The highest BCUT2D eigenvalue weighted by molar-refractivity contribution is 14.0. The summed E-state index contributed by atoms with van der Waals surface area (Å²) < 4.78 is 5.10. The number of carbonyl (C=O) groups excluding carboxylic acids is 1. The Kier molecular flexibility index (Phi) is 7.10. The second-order valence-electron chi connectivity index (χ2n) is 5.60. The number of anilines is 2. The van der Waals surface area contributed by atoms with Crippen LogP contribution in [0.1, 0.15) is 5.56 Å². The number of nitrogens with two attached hydrogens (primary N) is 1. The first-order chi connectivity index (χ1) is 12.1. The number of aliphatic imine (C=N–C) groups is 1. The molecule has 3 rings (SSSR count). The Bertz CT molecular complexity index is 829. The topological polar surface area (TPSA) is 80.0 Å². The van der Waals surface area contributed by atoms with Crippen LogP contribution in [0.4, 0.5) is 11.4 Å². The summed E-state index contributed by atoms with van der Waals surface area (Å²) in [5.74, 6) is 0.648. The molecular weight excluding hydrogens is 467 g/mol. The van der Waals surface area contributed by atoms with Crippen LogP contribution >= 0.6 is 35.6 Å². The van der Waals surface area contributed by atoms with Gasteiger partial charge in [-0.25, -0.2) is 4.99 Å². The van der Waals surface area contributed by atoms with E-state index >= 15 is 0 Å². The monoisotopic (exact) mass is 486 g/mol. The van der Waals surface area contributed by atoms with Gasteiger partial charge < -0.3 is 20.7 Å². The lowest BCUT2D eigenvalue weighted by molar-refractivity contribution is -0.117. The molecule has 1 amide bonds. The van der Waals surface area contributed by atoms with E-state index in [9.17, 15) is 4.79 Å². The van der Waals surface area contributed by atoms with E-state index in [0.717, 1.165) is 12.1 Å². The van der Waals surface area contributed by atoms with Crippen LogP contribution in [0.25, 0.3) is 0 Å². The smallest absolute Gasteiger partial charge is 0.248 e. The number of amides is 1. The summed E-state index contributed by atoms with van der Waals surface area (Å²) in [6.07, 6.45) is 0.865. The molecule has 0 aromatic heterocycles. The number of hydrogen-bond donors (Lipinski definition) is 2. The van der Waals surface area contributed by atoms with E-state index in [0.29, 0.717) is 23.0 Å². The number of benzene rings is 2. The molecule has 2 aromatic carbocycles. The zero-order valence-corrected chi connectivity index (χ0v) is 17.3. The lowest BCUT2D eigenvalue weighted by Crippen LogP contribution is -2.32. The quantitative estimate of drug-likeness (QED) is 0.395. The van der Waals surface area contributed by atoms with Crippen molar-refractivity contribution < 1.29 is 9.53 Å². The van der Waals surface area contributed by atoms with Crippen LogP contribution in [0.2, 0.25) is 5.02 Å². The summed E-state index contributed by atoms with van der Waals surface area (Å²) in [5.41, 5.74) is 8.67. The van der Waals surface area contributed by atoms with Crippen molar-refractivity contribution in [1.29, 1.82) is 0 Å². The van der Waals surface area contributed by atoms with E-state index < -0.39 is 0 Å². The van der Waals surface area contributed by atoms with Gasteiger partial charge in [0.05, 0.1) is 12.1 Å². The summed E-state index contributed by atoms with van der Waals surface area (Å²) in [4.78, 5) is 18.3. The number of para-hydroxylation sites is 1. The van der Waals surface area contributed by atoms with Crippen LogP contribution in [0, 0.1) is 0 Å². The van der Waals surface area contributed by atoms with Crippen LogP contribution < -0.4 is 20.7 Å². The highest BCUT2D eigenvalue weighted by Gasteiger charge is 2.23. The number of ether oxygens (including phenoxy) is 1. The molecule has 0 bridgehead atoms. The third-order valence-corrected chi connectivity index (χ3v) is 4.29. The van der Waals surface area contributed by atoms with E-state index in [1.807, 2.05) is 24.3 Å². The van der Waals surface area contributed by atoms with E-state index in [2.05, 4.69) is 10.3 Å². The van der Waals surface area contributed by atoms with Crippen molar-refractivity contribution in [2.24, 2.45) is 10.7 Å². The Morgan fingerprint density at radius 2 is 2.12 bits per heavy atom. The van der Waals surface area contributed by atoms with Gasteiger partial charge in [-0.05, 0) is 36.2 Å². The predicted octanol–water partition coefficient (Wildman–Crippen LogP) is 3.28. The summed E-state index contributed by atoms with van der Waals surface area (Å²) in [6.45, 7) is 0.659. The second-order valence-corrected chi connectivity index (χ2v) is 6.01. The minimum Gasteiger partial charge on any atom is -0.495 e. The number of rotatable bonds is 4. The van der Waals surface area contributed by atoms with Gasteiger partial charge in [0.15, 0.2) is 5.96 Å². The number of guanidine groups is 1. The Morgan fingerprint density at radius 1 is 1.35 bits per heavy atom. The molecule has 0 radical (unpaired) electrons. The van der Waals surface area contributed by atoms with Crippen LogP contribution in [0.15, 0.2) is 47.5 Å². The Morgan fingerprint density at radius 3 is 2.85 bits per heavy atom. The summed E-state index contributed by atoms with van der Waals surface area (Å²) >= 11 is 6.07. The van der Waals surface area contributed by atoms with E-state index in [1.165, 1.54) is 5.56 Å². The molecule has 3 N–H and O–H groups in total. The van der Waals surface area contributed by atoms with Crippen molar-refractivity contribution >= 4 is 58.8 Å². The Balaban J connectivity index is 0.00000243. The highest BCUT2D eigenvalue weighted by atomic mass is 127. The minimum absolute atomic E-state index is 0. The maximum Gasteiger partial charge on any atom is 0.248 e. The average Bonchev–Trinajstić information content (AvgIpc) is 3.04. The molecule has 26 heavy (non-hydrogen) atoms. The van der Waals surface area contributed by atoms with Crippen LogP contribution in [-0.4, -0.2) is 32.1 Å². The normalized spacial score (nSPS) is 13.0. The molecule has 0 saturated carbocycles. The van der Waals surface area contributed by atoms with Gasteiger partial charge in [0.2, 0.25) is 5.91 Å².